The fraction of sp³-hybridized carbons (Fsp3) is 0.333. The van der Waals surface area contributed by atoms with Gasteiger partial charge in [0.15, 0.2) is 0 Å². The van der Waals surface area contributed by atoms with Crippen LogP contribution in [-0.4, -0.2) is 32.2 Å². The lowest BCUT2D eigenvalue weighted by Gasteiger charge is -2.34. The van der Waals surface area contributed by atoms with Gasteiger partial charge in [-0.2, -0.15) is 4.80 Å². The van der Waals surface area contributed by atoms with E-state index in [1.54, 1.807) is 12.1 Å². The van der Waals surface area contributed by atoms with E-state index in [-0.39, 0.29) is 24.3 Å². The minimum Gasteiger partial charge on any atom is -0.308 e. The second-order valence-corrected chi connectivity index (χ2v) is 7.04. The van der Waals surface area contributed by atoms with E-state index >= 15 is 0 Å². The first-order valence-electron chi connectivity index (χ1n) is 9.61. The molecule has 7 heteroatoms. The SMILES string of the molecule is O=C(Cn1nnc(-c2cccc(F)c2)n1)N(c1ccccc1)C1CCCCC1. The van der Waals surface area contributed by atoms with Crippen LogP contribution >= 0.6 is 0 Å². The van der Waals surface area contributed by atoms with Gasteiger partial charge in [-0.05, 0) is 42.3 Å². The lowest BCUT2D eigenvalue weighted by molar-refractivity contribution is -0.120. The van der Waals surface area contributed by atoms with Crippen LogP contribution in [0.25, 0.3) is 11.4 Å². The molecule has 0 aliphatic heterocycles. The van der Waals surface area contributed by atoms with Gasteiger partial charge in [-0.25, -0.2) is 4.39 Å². The van der Waals surface area contributed by atoms with Gasteiger partial charge in [-0.3, -0.25) is 4.79 Å². The predicted octanol–water partition coefficient (Wildman–Crippen LogP) is 3.85. The summed E-state index contributed by atoms with van der Waals surface area (Å²) in [6, 6.07) is 15.9. The summed E-state index contributed by atoms with van der Waals surface area (Å²) in [5.41, 5.74) is 1.43. The van der Waals surface area contributed by atoms with E-state index in [2.05, 4.69) is 15.4 Å². The zero-order valence-electron chi connectivity index (χ0n) is 15.5. The van der Waals surface area contributed by atoms with Crippen molar-refractivity contribution in [2.75, 3.05) is 4.90 Å². The Morgan fingerprint density at radius 3 is 2.61 bits per heavy atom. The summed E-state index contributed by atoms with van der Waals surface area (Å²) in [7, 11) is 0. The summed E-state index contributed by atoms with van der Waals surface area (Å²) < 4.78 is 13.4. The number of anilines is 1. The molecule has 1 amide bonds. The van der Waals surface area contributed by atoms with Crippen molar-refractivity contribution in [3.63, 3.8) is 0 Å². The largest absolute Gasteiger partial charge is 0.308 e. The van der Waals surface area contributed by atoms with Crippen molar-refractivity contribution in [1.82, 2.24) is 20.2 Å². The third-order valence-corrected chi connectivity index (χ3v) is 5.06. The third kappa shape index (κ3) is 4.08. The molecule has 2 aromatic carbocycles. The molecule has 4 rings (SSSR count). The molecule has 0 radical (unpaired) electrons. The van der Waals surface area contributed by atoms with Gasteiger partial charge in [-0.15, -0.1) is 10.2 Å². The minimum absolute atomic E-state index is 0.00624. The first kappa shape index (κ1) is 18.3. The maximum Gasteiger partial charge on any atom is 0.250 e. The molecule has 28 heavy (non-hydrogen) atoms. The molecule has 0 atom stereocenters. The van der Waals surface area contributed by atoms with Crippen molar-refractivity contribution in [1.29, 1.82) is 0 Å². The van der Waals surface area contributed by atoms with E-state index in [9.17, 15) is 9.18 Å². The van der Waals surface area contributed by atoms with Crippen molar-refractivity contribution >= 4 is 11.6 Å². The van der Waals surface area contributed by atoms with Crippen molar-refractivity contribution in [2.24, 2.45) is 0 Å². The molecule has 144 valence electrons. The lowest BCUT2D eigenvalue weighted by atomic mass is 9.93. The molecule has 1 heterocycles. The molecule has 1 aliphatic rings. The molecule has 0 bridgehead atoms. The van der Waals surface area contributed by atoms with Gasteiger partial charge < -0.3 is 4.90 Å². The molecule has 3 aromatic rings. The monoisotopic (exact) mass is 379 g/mol. The Morgan fingerprint density at radius 2 is 1.86 bits per heavy atom. The molecule has 1 aliphatic carbocycles. The number of amides is 1. The summed E-state index contributed by atoms with van der Waals surface area (Å²) in [5.74, 6) is -0.130. The Hall–Kier alpha value is -3.09. The van der Waals surface area contributed by atoms with Crippen molar-refractivity contribution in [3.05, 3.63) is 60.4 Å². The van der Waals surface area contributed by atoms with E-state index in [1.165, 1.54) is 23.4 Å². The van der Waals surface area contributed by atoms with Crippen LogP contribution in [0.3, 0.4) is 0 Å². The smallest absolute Gasteiger partial charge is 0.250 e. The Bertz CT molecular complexity index is 937. The topological polar surface area (TPSA) is 63.9 Å². The van der Waals surface area contributed by atoms with Crippen molar-refractivity contribution in [3.8, 4) is 11.4 Å². The van der Waals surface area contributed by atoms with E-state index in [0.717, 1.165) is 31.4 Å². The Kier molecular flexibility index (Phi) is 5.41. The van der Waals surface area contributed by atoms with E-state index < -0.39 is 0 Å². The average molecular weight is 379 g/mol. The summed E-state index contributed by atoms with van der Waals surface area (Å²) in [5, 5.41) is 12.2. The number of carbonyl (C=O) groups is 1. The van der Waals surface area contributed by atoms with E-state index in [0.29, 0.717) is 11.4 Å². The molecule has 1 saturated carbocycles. The standard InChI is InChI=1S/C21H22FN5O/c22-17-9-7-8-16(14-17)21-23-25-26(24-21)15-20(28)27(18-10-3-1-4-11-18)19-12-5-2-6-13-19/h1,3-4,7-11,14,19H,2,5-6,12-13,15H2. The fourth-order valence-corrected chi connectivity index (χ4v) is 3.74. The van der Waals surface area contributed by atoms with Crippen LogP contribution in [0.2, 0.25) is 0 Å². The first-order valence-corrected chi connectivity index (χ1v) is 9.61. The van der Waals surface area contributed by atoms with Crippen LogP contribution in [-0.2, 0) is 11.3 Å². The zero-order valence-corrected chi connectivity index (χ0v) is 15.5. The van der Waals surface area contributed by atoms with Crippen LogP contribution in [0.4, 0.5) is 10.1 Å². The van der Waals surface area contributed by atoms with Crippen LogP contribution in [0.5, 0.6) is 0 Å². The highest BCUT2D eigenvalue weighted by molar-refractivity contribution is 5.93. The highest BCUT2D eigenvalue weighted by atomic mass is 19.1. The Labute approximate surface area is 163 Å². The van der Waals surface area contributed by atoms with Crippen LogP contribution in [0.1, 0.15) is 32.1 Å². The molecular weight excluding hydrogens is 357 g/mol. The summed E-state index contributed by atoms with van der Waals surface area (Å²) >= 11 is 0. The quantitative estimate of drug-likeness (QED) is 0.676. The van der Waals surface area contributed by atoms with Gasteiger partial charge in [0.2, 0.25) is 5.82 Å². The Morgan fingerprint density at radius 1 is 1.07 bits per heavy atom. The van der Waals surface area contributed by atoms with E-state index in [1.807, 2.05) is 35.2 Å². The molecule has 0 unspecified atom stereocenters. The molecule has 0 spiro atoms. The number of halogens is 1. The van der Waals surface area contributed by atoms with Gasteiger partial charge in [0, 0.05) is 17.3 Å². The number of tetrazole rings is 1. The second-order valence-electron chi connectivity index (χ2n) is 7.04. The van der Waals surface area contributed by atoms with Gasteiger partial charge in [-0.1, -0.05) is 49.6 Å². The van der Waals surface area contributed by atoms with Gasteiger partial charge in [0.05, 0.1) is 0 Å². The number of nitrogens with zero attached hydrogens (tertiary/aromatic N) is 5. The normalized spacial score (nSPS) is 14.8. The Balaban J connectivity index is 1.54. The minimum atomic E-state index is -0.363. The van der Waals surface area contributed by atoms with Crippen LogP contribution < -0.4 is 4.90 Å². The number of hydrogen-bond acceptors (Lipinski definition) is 4. The highest BCUT2D eigenvalue weighted by Crippen LogP contribution is 2.27. The second kappa shape index (κ2) is 8.29. The molecule has 0 saturated heterocycles. The molecule has 1 fully saturated rings. The maximum atomic E-state index is 13.4. The molecule has 0 N–H and O–H groups in total. The fourth-order valence-electron chi connectivity index (χ4n) is 3.74. The zero-order chi connectivity index (χ0) is 19.3. The number of rotatable bonds is 5. The summed E-state index contributed by atoms with van der Waals surface area (Å²) in [4.78, 5) is 16.3. The highest BCUT2D eigenvalue weighted by Gasteiger charge is 2.27. The van der Waals surface area contributed by atoms with Crippen molar-refractivity contribution < 1.29 is 9.18 Å². The van der Waals surface area contributed by atoms with E-state index in [4.69, 9.17) is 0 Å². The number of carbonyl (C=O) groups excluding carboxylic acids is 1. The van der Waals surface area contributed by atoms with Gasteiger partial charge in [0.1, 0.15) is 12.4 Å². The van der Waals surface area contributed by atoms with Gasteiger partial charge in [0.25, 0.3) is 5.91 Å². The molecular formula is C21H22FN5O. The molecule has 6 nitrogen and oxygen atoms in total. The van der Waals surface area contributed by atoms with Crippen molar-refractivity contribution in [2.45, 2.75) is 44.7 Å². The lowest BCUT2D eigenvalue weighted by Crippen LogP contribution is -2.43. The van der Waals surface area contributed by atoms with Gasteiger partial charge >= 0.3 is 0 Å². The first-order chi connectivity index (χ1) is 13.7. The number of benzene rings is 2. The number of aromatic nitrogens is 4. The molecule has 1 aromatic heterocycles. The third-order valence-electron chi connectivity index (χ3n) is 5.06. The number of para-hydroxylation sites is 1. The average Bonchev–Trinajstić information content (AvgIpc) is 3.18. The van der Waals surface area contributed by atoms with Crippen LogP contribution in [0, 0.1) is 5.82 Å². The summed E-state index contributed by atoms with van der Waals surface area (Å²) in [6.45, 7) is -0.00624. The number of hydrogen-bond donors (Lipinski definition) is 0. The van der Waals surface area contributed by atoms with Crippen LogP contribution in [0.15, 0.2) is 54.6 Å². The summed E-state index contributed by atoms with van der Waals surface area (Å²) in [6.07, 6.45) is 5.48. The maximum absolute atomic E-state index is 13.4. The predicted molar refractivity (Wildman–Crippen MR) is 104 cm³/mol.